The average Bonchev–Trinajstić information content (AvgIpc) is 2.37. The zero-order valence-corrected chi connectivity index (χ0v) is 10.4. The number of hydrogen-bond acceptors (Lipinski definition) is 4. The van der Waals surface area contributed by atoms with Gasteiger partial charge in [0.1, 0.15) is 11.5 Å². The molecule has 4 nitrogen and oxygen atoms in total. The van der Waals surface area contributed by atoms with E-state index in [-0.39, 0.29) is 18.8 Å². The van der Waals surface area contributed by atoms with Gasteiger partial charge >= 0.3 is 0 Å². The van der Waals surface area contributed by atoms with Crippen LogP contribution in [0.5, 0.6) is 11.5 Å². The number of rotatable bonds is 3. The Morgan fingerprint density at radius 2 is 2.18 bits per heavy atom. The van der Waals surface area contributed by atoms with Crippen LogP contribution in [-0.2, 0) is 16.8 Å². The summed E-state index contributed by atoms with van der Waals surface area (Å²) < 4.78 is 16.0. The van der Waals surface area contributed by atoms with Crippen molar-refractivity contribution in [3.05, 3.63) is 23.3 Å². The SMILES string of the molecule is COc1cc2c(cc1C(C)(C)CO)OCOC2. The molecular weight excluding hydrogens is 220 g/mol. The van der Waals surface area contributed by atoms with Gasteiger partial charge in [0, 0.05) is 16.5 Å². The Kier molecular flexibility index (Phi) is 3.26. The van der Waals surface area contributed by atoms with E-state index in [1.165, 1.54) is 0 Å². The number of aliphatic hydroxyl groups excluding tert-OH is 1. The van der Waals surface area contributed by atoms with Gasteiger partial charge < -0.3 is 19.3 Å². The van der Waals surface area contributed by atoms with Crippen LogP contribution in [0.2, 0.25) is 0 Å². The third kappa shape index (κ3) is 2.23. The molecule has 2 rings (SSSR count). The average molecular weight is 238 g/mol. The van der Waals surface area contributed by atoms with Crippen LogP contribution in [0, 0.1) is 0 Å². The van der Waals surface area contributed by atoms with Crippen molar-refractivity contribution >= 4 is 0 Å². The lowest BCUT2D eigenvalue weighted by atomic mass is 9.84. The van der Waals surface area contributed by atoms with Crippen molar-refractivity contribution in [1.29, 1.82) is 0 Å². The van der Waals surface area contributed by atoms with Crippen molar-refractivity contribution in [2.75, 3.05) is 20.5 Å². The molecule has 1 heterocycles. The summed E-state index contributed by atoms with van der Waals surface area (Å²) in [5.74, 6) is 1.57. The Balaban J connectivity index is 2.50. The van der Waals surface area contributed by atoms with Crippen molar-refractivity contribution in [3.63, 3.8) is 0 Å². The van der Waals surface area contributed by atoms with Crippen molar-refractivity contribution < 1.29 is 19.3 Å². The molecule has 0 radical (unpaired) electrons. The number of fused-ring (bicyclic) bond motifs is 1. The summed E-state index contributed by atoms with van der Waals surface area (Å²) >= 11 is 0. The molecule has 0 unspecified atom stereocenters. The largest absolute Gasteiger partial charge is 0.496 e. The second-order valence-electron chi connectivity index (χ2n) is 4.81. The number of aliphatic hydroxyl groups is 1. The zero-order valence-electron chi connectivity index (χ0n) is 10.4. The summed E-state index contributed by atoms with van der Waals surface area (Å²) in [5, 5.41) is 9.45. The highest BCUT2D eigenvalue weighted by molar-refractivity contribution is 5.49. The lowest BCUT2D eigenvalue weighted by molar-refractivity contribution is -0.0166. The standard InChI is InChI=1S/C13H18O4/c1-13(2,7-14)10-5-11-9(4-12(10)15-3)6-16-8-17-11/h4-5,14H,6-8H2,1-3H3. The molecule has 1 aromatic rings. The third-order valence-electron chi connectivity index (χ3n) is 3.06. The van der Waals surface area contributed by atoms with E-state index in [4.69, 9.17) is 14.2 Å². The molecule has 1 aliphatic rings. The van der Waals surface area contributed by atoms with Gasteiger partial charge in [0.25, 0.3) is 0 Å². The van der Waals surface area contributed by atoms with Crippen molar-refractivity contribution in [3.8, 4) is 11.5 Å². The van der Waals surface area contributed by atoms with Gasteiger partial charge in [0.2, 0.25) is 0 Å². The topological polar surface area (TPSA) is 47.9 Å². The fourth-order valence-corrected chi connectivity index (χ4v) is 1.89. The van der Waals surface area contributed by atoms with Gasteiger partial charge in [-0.25, -0.2) is 0 Å². The molecule has 1 N–H and O–H groups in total. The Hall–Kier alpha value is -1.26. The van der Waals surface area contributed by atoms with Crippen LogP contribution in [0.4, 0.5) is 0 Å². The third-order valence-corrected chi connectivity index (χ3v) is 3.06. The second-order valence-corrected chi connectivity index (χ2v) is 4.81. The number of methoxy groups -OCH3 is 1. The minimum atomic E-state index is -0.359. The van der Waals surface area contributed by atoms with Crippen molar-refractivity contribution in [1.82, 2.24) is 0 Å². The molecule has 0 amide bonds. The molecule has 0 aliphatic carbocycles. The highest BCUT2D eigenvalue weighted by Crippen LogP contribution is 2.38. The quantitative estimate of drug-likeness (QED) is 0.872. The molecule has 0 saturated heterocycles. The molecule has 0 aromatic heterocycles. The van der Waals surface area contributed by atoms with Crippen LogP contribution >= 0.6 is 0 Å². The molecule has 17 heavy (non-hydrogen) atoms. The first kappa shape index (κ1) is 12.2. The van der Waals surface area contributed by atoms with Gasteiger partial charge in [0.15, 0.2) is 6.79 Å². The normalized spacial score (nSPS) is 15.1. The number of ether oxygens (including phenoxy) is 3. The summed E-state index contributed by atoms with van der Waals surface area (Å²) in [6.07, 6.45) is 0. The first-order chi connectivity index (χ1) is 8.08. The summed E-state index contributed by atoms with van der Waals surface area (Å²) in [4.78, 5) is 0. The van der Waals surface area contributed by atoms with E-state index in [9.17, 15) is 5.11 Å². The smallest absolute Gasteiger partial charge is 0.189 e. The van der Waals surface area contributed by atoms with Gasteiger partial charge in [-0.1, -0.05) is 13.8 Å². The molecule has 4 heteroatoms. The summed E-state index contributed by atoms with van der Waals surface area (Å²) in [5.41, 5.74) is 1.57. The first-order valence-corrected chi connectivity index (χ1v) is 5.61. The van der Waals surface area contributed by atoms with E-state index >= 15 is 0 Å². The number of benzene rings is 1. The molecular formula is C13H18O4. The Labute approximate surface area is 101 Å². The Morgan fingerprint density at radius 1 is 1.41 bits per heavy atom. The van der Waals surface area contributed by atoms with E-state index in [0.29, 0.717) is 6.61 Å². The van der Waals surface area contributed by atoms with Crippen LogP contribution in [0.3, 0.4) is 0 Å². The van der Waals surface area contributed by atoms with Crippen LogP contribution < -0.4 is 9.47 Å². The Bertz CT molecular complexity index is 412. The summed E-state index contributed by atoms with van der Waals surface area (Å²) in [6, 6.07) is 3.86. The molecule has 1 aliphatic heterocycles. The van der Waals surface area contributed by atoms with E-state index in [0.717, 1.165) is 22.6 Å². The highest BCUT2D eigenvalue weighted by Gasteiger charge is 2.26. The highest BCUT2D eigenvalue weighted by atomic mass is 16.7. The van der Waals surface area contributed by atoms with E-state index < -0.39 is 0 Å². The van der Waals surface area contributed by atoms with Gasteiger partial charge in [0.05, 0.1) is 20.3 Å². The van der Waals surface area contributed by atoms with Gasteiger partial charge in [-0.05, 0) is 12.1 Å². The van der Waals surface area contributed by atoms with Crippen LogP contribution in [-0.4, -0.2) is 25.6 Å². The molecule has 94 valence electrons. The minimum Gasteiger partial charge on any atom is -0.496 e. The first-order valence-electron chi connectivity index (χ1n) is 5.61. The van der Waals surface area contributed by atoms with E-state index in [1.807, 2.05) is 26.0 Å². The number of hydrogen-bond donors (Lipinski definition) is 1. The monoisotopic (exact) mass is 238 g/mol. The molecule has 0 bridgehead atoms. The second kappa shape index (κ2) is 4.55. The van der Waals surface area contributed by atoms with Crippen molar-refractivity contribution in [2.45, 2.75) is 25.9 Å². The molecule has 0 fully saturated rings. The fourth-order valence-electron chi connectivity index (χ4n) is 1.89. The molecule has 0 atom stereocenters. The van der Waals surface area contributed by atoms with Crippen LogP contribution in [0.1, 0.15) is 25.0 Å². The maximum atomic E-state index is 9.45. The van der Waals surface area contributed by atoms with Crippen LogP contribution in [0.15, 0.2) is 12.1 Å². The predicted octanol–water partition coefficient (Wildman–Crippen LogP) is 1.83. The van der Waals surface area contributed by atoms with E-state index in [2.05, 4.69) is 0 Å². The van der Waals surface area contributed by atoms with Gasteiger partial charge in [-0.15, -0.1) is 0 Å². The van der Waals surface area contributed by atoms with E-state index in [1.54, 1.807) is 7.11 Å². The maximum Gasteiger partial charge on any atom is 0.189 e. The van der Waals surface area contributed by atoms with Gasteiger partial charge in [-0.2, -0.15) is 0 Å². The minimum absolute atomic E-state index is 0.0542. The van der Waals surface area contributed by atoms with Gasteiger partial charge in [-0.3, -0.25) is 0 Å². The van der Waals surface area contributed by atoms with Crippen molar-refractivity contribution in [2.24, 2.45) is 0 Å². The maximum absolute atomic E-state index is 9.45. The fraction of sp³-hybridized carbons (Fsp3) is 0.538. The molecule has 1 aromatic carbocycles. The lowest BCUT2D eigenvalue weighted by Gasteiger charge is -2.27. The summed E-state index contributed by atoms with van der Waals surface area (Å²) in [6.45, 7) is 4.80. The summed E-state index contributed by atoms with van der Waals surface area (Å²) in [7, 11) is 1.63. The van der Waals surface area contributed by atoms with Crippen LogP contribution in [0.25, 0.3) is 0 Å². The Morgan fingerprint density at radius 3 is 2.82 bits per heavy atom. The molecule has 0 saturated carbocycles. The zero-order chi connectivity index (χ0) is 12.5. The molecule has 0 spiro atoms. The lowest BCUT2D eigenvalue weighted by Crippen LogP contribution is -2.24. The predicted molar refractivity (Wildman–Crippen MR) is 63.4 cm³/mol.